The molecule has 0 fully saturated rings. The van der Waals surface area contributed by atoms with E-state index in [2.05, 4.69) is 10.3 Å². The van der Waals surface area contributed by atoms with Crippen LogP contribution in [0.1, 0.15) is 25.5 Å². The smallest absolute Gasteiger partial charge is 0.176 e. The summed E-state index contributed by atoms with van der Waals surface area (Å²) in [7, 11) is 1.75. The van der Waals surface area contributed by atoms with Gasteiger partial charge in [-0.1, -0.05) is 0 Å². The zero-order chi connectivity index (χ0) is 12.7. The molecule has 1 heterocycles. The van der Waals surface area contributed by atoms with Gasteiger partial charge < -0.3 is 14.8 Å². The number of aromatic nitrogens is 1. The third kappa shape index (κ3) is 3.73. The van der Waals surface area contributed by atoms with Gasteiger partial charge in [0.2, 0.25) is 0 Å². The largest absolute Gasteiger partial charge is 0.351 e. The van der Waals surface area contributed by atoms with E-state index in [1.54, 1.807) is 19.3 Å². The fourth-order valence-corrected chi connectivity index (χ4v) is 1.65. The Morgan fingerprint density at radius 1 is 1.35 bits per heavy atom. The first kappa shape index (κ1) is 14.0. The van der Waals surface area contributed by atoms with Crippen LogP contribution in [0.4, 0.5) is 4.39 Å². The summed E-state index contributed by atoms with van der Waals surface area (Å²) >= 11 is 0. The predicted molar refractivity (Wildman–Crippen MR) is 63.0 cm³/mol. The Bertz CT molecular complexity index is 330. The first-order valence-electron chi connectivity index (χ1n) is 5.74. The number of halogens is 1. The molecular weight excluding hydrogens is 223 g/mol. The van der Waals surface area contributed by atoms with E-state index in [-0.39, 0.29) is 11.9 Å². The number of pyridine rings is 1. The van der Waals surface area contributed by atoms with Gasteiger partial charge in [0.25, 0.3) is 0 Å². The average Bonchev–Trinajstić information content (AvgIpc) is 2.33. The van der Waals surface area contributed by atoms with Gasteiger partial charge in [0.1, 0.15) is 5.82 Å². The molecule has 96 valence electrons. The van der Waals surface area contributed by atoms with Gasteiger partial charge in [-0.3, -0.25) is 4.98 Å². The topological polar surface area (TPSA) is 43.4 Å². The molecule has 0 aliphatic heterocycles. The number of nitrogens with one attached hydrogen (secondary N) is 1. The molecular formula is C12H19FN2O2. The van der Waals surface area contributed by atoms with Crippen LogP contribution in [0.5, 0.6) is 0 Å². The maximum Gasteiger partial charge on any atom is 0.176 e. The molecule has 17 heavy (non-hydrogen) atoms. The van der Waals surface area contributed by atoms with Crippen LogP contribution in [-0.2, 0) is 9.47 Å². The van der Waals surface area contributed by atoms with Crippen molar-refractivity contribution in [2.45, 2.75) is 26.2 Å². The van der Waals surface area contributed by atoms with E-state index in [1.807, 2.05) is 13.8 Å². The molecule has 0 aliphatic carbocycles. The molecule has 0 amide bonds. The number of ether oxygens (including phenoxy) is 2. The van der Waals surface area contributed by atoms with Crippen molar-refractivity contribution in [3.05, 3.63) is 29.8 Å². The summed E-state index contributed by atoms with van der Waals surface area (Å²) in [5.74, 6) is -0.365. The summed E-state index contributed by atoms with van der Waals surface area (Å²) in [5.41, 5.74) is 0.495. The lowest BCUT2D eigenvalue weighted by molar-refractivity contribution is -0.154. The average molecular weight is 242 g/mol. The highest BCUT2D eigenvalue weighted by Gasteiger charge is 2.25. The first-order chi connectivity index (χ1) is 8.24. The van der Waals surface area contributed by atoms with E-state index < -0.39 is 6.29 Å². The highest BCUT2D eigenvalue weighted by molar-refractivity contribution is 5.18. The highest BCUT2D eigenvalue weighted by atomic mass is 19.1. The number of hydrogen-bond acceptors (Lipinski definition) is 4. The Morgan fingerprint density at radius 2 is 2.00 bits per heavy atom. The number of rotatable bonds is 7. The van der Waals surface area contributed by atoms with Crippen molar-refractivity contribution >= 4 is 0 Å². The van der Waals surface area contributed by atoms with Crippen LogP contribution in [0.15, 0.2) is 18.5 Å². The van der Waals surface area contributed by atoms with Gasteiger partial charge in [-0.15, -0.1) is 0 Å². The van der Waals surface area contributed by atoms with Gasteiger partial charge in [0, 0.05) is 25.0 Å². The summed E-state index contributed by atoms with van der Waals surface area (Å²) in [5, 5.41) is 3.01. The Kier molecular flexibility index (Phi) is 6.04. The zero-order valence-electron chi connectivity index (χ0n) is 10.4. The van der Waals surface area contributed by atoms with E-state index in [0.29, 0.717) is 18.8 Å². The van der Waals surface area contributed by atoms with Crippen LogP contribution in [0.25, 0.3) is 0 Å². The summed E-state index contributed by atoms with van der Waals surface area (Å²) < 4.78 is 24.6. The molecule has 0 saturated heterocycles. The Labute approximate surface area is 101 Å². The van der Waals surface area contributed by atoms with Gasteiger partial charge in [0.05, 0.1) is 12.2 Å². The molecule has 4 nitrogen and oxygen atoms in total. The fourth-order valence-electron chi connectivity index (χ4n) is 1.65. The highest BCUT2D eigenvalue weighted by Crippen LogP contribution is 2.22. The van der Waals surface area contributed by atoms with E-state index in [1.165, 1.54) is 6.20 Å². The normalized spacial score (nSPS) is 13.0. The Morgan fingerprint density at radius 3 is 2.47 bits per heavy atom. The van der Waals surface area contributed by atoms with E-state index in [0.717, 1.165) is 0 Å². The lowest BCUT2D eigenvalue weighted by atomic mass is 10.1. The Hall–Kier alpha value is -1.04. The molecule has 0 saturated carbocycles. The number of hydrogen-bond donors (Lipinski definition) is 1. The van der Waals surface area contributed by atoms with Crippen LogP contribution in [0.2, 0.25) is 0 Å². The van der Waals surface area contributed by atoms with Crippen LogP contribution < -0.4 is 5.32 Å². The van der Waals surface area contributed by atoms with Crippen LogP contribution >= 0.6 is 0 Å². The maximum absolute atomic E-state index is 13.7. The van der Waals surface area contributed by atoms with Gasteiger partial charge in [-0.2, -0.15) is 0 Å². The third-order valence-electron chi connectivity index (χ3n) is 2.38. The second-order valence-electron chi connectivity index (χ2n) is 3.44. The molecule has 0 spiro atoms. The molecule has 1 unspecified atom stereocenters. The van der Waals surface area contributed by atoms with Crippen molar-refractivity contribution in [1.82, 2.24) is 10.3 Å². The summed E-state index contributed by atoms with van der Waals surface area (Å²) in [6.07, 6.45) is 2.23. The van der Waals surface area contributed by atoms with Crippen LogP contribution in [0.3, 0.4) is 0 Å². The summed E-state index contributed by atoms with van der Waals surface area (Å²) in [6, 6.07) is 1.28. The zero-order valence-corrected chi connectivity index (χ0v) is 10.4. The van der Waals surface area contributed by atoms with Crippen LogP contribution in [0, 0.1) is 5.82 Å². The minimum Gasteiger partial charge on any atom is -0.351 e. The van der Waals surface area contributed by atoms with Gasteiger partial charge >= 0.3 is 0 Å². The van der Waals surface area contributed by atoms with Crippen molar-refractivity contribution in [3.8, 4) is 0 Å². The van der Waals surface area contributed by atoms with Crippen molar-refractivity contribution < 1.29 is 13.9 Å². The van der Waals surface area contributed by atoms with Gasteiger partial charge in [-0.25, -0.2) is 4.39 Å². The number of nitrogens with zero attached hydrogens (tertiary/aromatic N) is 1. The molecule has 1 atom stereocenters. The SMILES string of the molecule is CCOC(OCC)C(NC)c1ccncc1F. The van der Waals surface area contributed by atoms with E-state index >= 15 is 0 Å². The first-order valence-corrected chi connectivity index (χ1v) is 5.74. The Balaban J connectivity index is 2.91. The van der Waals surface area contributed by atoms with Crippen LogP contribution in [-0.4, -0.2) is 31.5 Å². The number of likely N-dealkylation sites (N-methyl/N-ethyl adjacent to an activating group) is 1. The maximum atomic E-state index is 13.7. The van der Waals surface area contributed by atoms with Gasteiger partial charge in [0.15, 0.2) is 6.29 Å². The summed E-state index contributed by atoms with van der Waals surface area (Å²) in [4.78, 5) is 3.73. The second-order valence-corrected chi connectivity index (χ2v) is 3.44. The second kappa shape index (κ2) is 7.32. The molecule has 0 bridgehead atoms. The standard InChI is InChI=1S/C12H19FN2O2/c1-4-16-12(17-5-2)11(14-3)9-6-7-15-8-10(9)13/h6-8,11-12,14H,4-5H2,1-3H3. The molecule has 1 rings (SSSR count). The summed E-state index contributed by atoms with van der Waals surface area (Å²) in [6.45, 7) is 4.77. The quantitative estimate of drug-likeness (QED) is 0.741. The molecule has 0 aromatic carbocycles. The minimum atomic E-state index is -0.508. The molecule has 0 radical (unpaired) electrons. The van der Waals surface area contributed by atoms with Crippen molar-refractivity contribution in [2.75, 3.05) is 20.3 Å². The molecule has 1 N–H and O–H groups in total. The lowest BCUT2D eigenvalue weighted by Crippen LogP contribution is -2.34. The van der Waals surface area contributed by atoms with Crippen molar-refractivity contribution in [1.29, 1.82) is 0 Å². The van der Waals surface area contributed by atoms with Gasteiger partial charge in [-0.05, 0) is 27.0 Å². The molecule has 5 heteroatoms. The van der Waals surface area contributed by atoms with E-state index in [4.69, 9.17) is 9.47 Å². The predicted octanol–water partition coefficient (Wildman–Crippen LogP) is 1.88. The third-order valence-corrected chi connectivity index (χ3v) is 2.38. The monoisotopic (exact) mass is 242 g/mol. The molecule has 1 aromatic rings. The lowest BCUT2D eigenvalue weighted by Gasteiger charge is -2.26. The molecule has 0 aliphatic rings. The minimum absolute atomic E-state index is 0.349. The fraction of sp³-hybridized carbons (Fsp3) is 0.583. The van der Waals surface area contributed by atoms with E-state index in [9.17, 15) is 4.39 Å². The molecule has 1 aromatic heterocycles. The van der Waals surface area contributed by atoms with Crippen molar-refractivity contribution in [3.63, 3.8) is 0 Å². The van der Waals surface area contributed by atoms with Crippen molar-refractivity contribution in [2.24, 2.45) is 0 Å².